The van der Waals surface area contributed by atoms with E-state index in [-0.39, 0.29) is 18.5 Å². The first-order valence-electron chi connectivity index (χ1n) is 8.47. The molecule has 1 heterocycles. The van der Waals surface area contributed by atoms with E-state index < -0.39 is 35.5 Å². The van der Waals surface area contributed by atoms with Crippen LogP contribution < -0.4 is 10.6 Å². The van der Waals surface area contributed by atoms with Gasteiger partial charge in [0.25, 0.3) is 17.5 Å². The summed E-state index contributed by atoms with van der Waals surface area (Å²) in [4.78, 5) is 37.4. The van der Waals surface area contributed by atoms with Gasteiger partial charge in [0.1, 0.15) is 5.82 Å². The number of hydrogen-bond donors (Lipinski definition) is 2. The number of rotatable bonds is 5. The van der Waals surface area contributed by atoms with Crippen LogP contribution in [0.25, 0.3) is 0 Å². The van der Waals surface area contributed by atoms with E-state index >= 15 is 0 Å². The van der Waals surface area contributed by atoms with Gasteiger partial charge < -0.3 is 5.32 Å². The van der Waals surface area contributed by atoms with Gasteiger partial charge in [-0.2, -0.15) is 13.2 Å². The third-order valence-corrected chi connectivity index (χ3v) is 4.41. The highest BCUT2D eigenvalue weighted by molar-refractivity contribution is 6.10. The Morgan fingerprint density at radius 3 is 2.24 bits per heavy atom. The summed E-state index contributed by atoms with van der Waals surface area (Å²) in [6.07, 6.45) is -5.17. The van der Waals surface area contributed by atoms with E-state index in [1.807, 2.05) is 0 Å². The lowest BCUT2D eigenvalue weighted by Crippen LogP contribution is -2.69. The molecule has 0 radical (unpaired) electrons. The molecule has 1 saturated heterocycles. The maximum Gasteiger partial charge on any atom is 0.440 e. The summed E-state index contributed by atoms with van der Waals surface area (Å²) in [5, 5.41) is 3.13. The summed E-state index contributed by atoms with van der Waals surface area (Å²) in [6.45, 7) is -0.307. The third kappa shape index (κ3) is 3.91. The van der Waals surface area contributed by atoms with E-state index in [0.717, 1.165) is 24.3 Å². The first-order valence-corrected chi connectivity index (χ1v) is 8.47. The van der Waals surface area contributed by atoms with Crippen LogP contribution in [0.15, 0.2) is 54.6 Å². The molecule has 10 heteroatoms. The van der Waals surface area contributed by atoms with Crippen molar-refractivity contribution in [2.45, 2.75) is 18.3 Å². The number of hydrogen-bond acceptors (Lipinski definition) is 3. The summed E-state index contributed by atoms with van der Waals surface area (Å²) in [5.41, 5.74) is -3.19. The van der Waals surface area contributed by atoms with Crippen molar-refractivity contribution in [2.24, 2.45) is 0 Å². The topological polar surface area (TPSA) is 78.5 Å². The van der Waals surface area contributed by atoms with Gasteiger partial charge in [0.05, 0.1) is 0 Å². The van der Waals surface area contributed by atoms with Gasteiger partial charge in [-0.05, 0) is 36.2 Å². The highest BCUT2D eigenvalue weighted by Gasteiger charge is 2.68. The van der Waals surface area contributed by atoms with E-state index in [1.54, 1.807) is 41.0 Å². The van der Waals surface area contributed by atoms with Gasteiger partial charge in [0.15, 0.2) is 0 Å². The lowest BCUT2D eigenvalue weighted by atomic mass is 10.1. The van der Waals surface area contributed by atoms with Crippen molar-refractivity contribution in [2.75, 3.05) is 6.54 Å². The number of halogens is 4. The summed E-state index contributed by atoms with van der Waals surface area (Å²) in [5.74, 6) is -3.62. The van der Waals surface area contributed by atoms with E-state index in [2.05, 4.69) is 0 Å². The number of nitrogens with zero attached hydrogens (tertiary/aromatic N) is 1. The number of urea groups is 1. The fourth-order valence-corrected chi connectivity index (χ4v) is 2.86. The molecule has 2 N–H and O–H groups in total. The minimum absolute atomic E-state index is 0.139. The molecular weight excluding hydrogens is 394 g/mol. The Labute approximate surface area is 162 Å². The van der Waals surface area contributed by atoms with Crippen LogP contribution in [-0.4, -0.2) is 41.1 Å². The van der Waals surface area contributed by atoms with Crippen LogP contribution in [0.3, 0.4) is 0 Å². The molecule has 2 aromatic rings. The molecular formula is C19H15F4N3O3. The molecule has 6 nitrogen and oxygen atoms in total. The zero-order valence-electron chi connectivity index (χ0n) is 14.8. The molecule has 2 aromatic carbocycles. The fourth-order valence-electron chi connectivity index (χ4n) is 2.86. The second-order valence-electron chi connectivity index (χ2n) is 6.33. The molecule has 0 bridgehead atoms. The minimum atomic E-state index is -5.31. The standard InChI is InChI=1S/C19H15F4N3O3/c20-14-8-6-13(7-9-14)15(27)24-18(19(21,22)23)16(28)26(17(29)25-18)11-10-12-4-2-1-3-5-12/h1-9H,10-11H2,(H,24,27)(H,25,29). The summed E-state index contributed by atoms with van der Waals surface area (Å²) in [7, 11) is 0. The molecule has 4 amide bonds. The molecule has 0 aromatic heterocycles. The minimum Gasteiger partial charge on any atom is -0.314 e. The van der Waals surface area contributed by atoms with Gasteiger partial charge in [-0.15, -0.1) is 0 Å². The number of carbonyl (C=O) groups excluding carboxylic acids is 3. The second-order valence-corrected chi connectivity index (χ2v) is 6.33. The molecule has 1 atom stereocenters. The highest BCUT2D eigenvalue weighted by atomic mass is 19.4. The largest absolute Gasteiger partial charge is 0.440 e. The molecule has 1 aliphatic heterocycles. The maximum atomic E-state index is 13.8. The van der Waals surface area contributed by atoms with Crippen molar-refractivity contribution in [1.29, 1.82) is 0 Å². The summed E-state index contributed by atoms with van der Waals surface area (Å²) in [6, 6.07) is 11.0. The van der Waals surface area contributed by atoms with Gasteiger partial charge in [0, 0.05) is 12.1 Å². The first-order chi connectivity index (χ1) is 13.6. The molecule has 0 spiro atoms. The van der Waals surface area contributed by atoms with Crippen molar-refractivity contribution in [1.82, 2.24) is 15.5 Å². The van der Waals surface area contributed by atoms with Gasteiger partial charge >= 0.3 is 12.2 Å². The highest BCUT2D eigenvalue weighted by Crippen LogP contribution is 2.34. The van der Waals surface area contributed by atoms with Crippen molar-refractivity contribution < 1.29 is 31.9 Å². The van der Waals surface area contributed by atoms with Crippen LogP contribution in [0, 0.1) is 5.82 Å². The van der Waals surface area contributed by atoms with Crippen LogP contribution >= 0.6 is 0 Å². The number of alkyl halides is 3. The molecule has 1 fully saturated rings. The first kappa shape index (κ1) is 20.3. The predicted octanol–water partition coefficient (Wildman–Crippen LogP) is 2.61. The average molecular weight is 409 g/mol. The van der Waals surface area contributed by atoms with E-state index in [1.165, 1.54) is 0 Å². The zero-order valence-corrected chi connectivity index (χ0v) is 14.8. The second kappa shape index (κ2) is 7.53. The lowest BCUT2D eigenvalue weighted by Gasteiger charge is -2.29. The smallest absolute Gasteiger partial charge is 0.314 e. The van der Waals surface area contributed by atoms with Gasteiger partial charge in [0.2, 0.25) is 0 Å². The predicted molar refractivity (Wildman–Crippen MR) is 93.0 cm³/mol. The summed E-state index contributed by atoms with van der Waals surface area (Å²) < 4.78 is 54.3. The Balaban J connectivity index is 1.84. The Morgan fingerprint density at radius 2 is 1.66 bits per heavy atom. The van der Waals surface area contributed by atoms with Crippen molar-refractivity contribution in [3.05, 3.63) is 71.5 Å². The molecule has 1 unspecified atom stereocenters. The van der Waals surface area contributed by atoms with Crippen molar-refractivity contribution in [3.63, 3.8) is 0 Å². The molecule has 0 saturated carbocycles. The van der Waals surface area contributed by atoms with Gasteiger partial charge in [-0.25, -0.2) is 9.18 Å². The van der Waals surface area contributed by atoms with Crippen LogP contribution in [-0.2, 0) is 11.2 Å². The monoisotopic (exact) mass is 409 g/mol. The fraction of sp³-hybridized carbons (Fsp3) is 0.211. The zero-order chi connectivity index (χ0) is 21.2. The van der Waals surface area contributed by atoms with E-state index in [9.17, 15) is 31.9 Å². The van der Waals surface area contributed by atoms with Crippen LogP contribution in [0.2, 0.25) is 0 Å². The van der Waals surface area contributed by atoms with Gasteiger partial charge in [-0.3, -0.25) is 19.8 Å². The Bertz CT molecular complexity index is 932. The van der Waals surface area contributed by atoms with Crippen molar-refractivity contribution in [3.8, 4) is 0 Å². The molecule has 29 heavy (non-hydrogen) atoms. The number of imide groups is 1. The number of nitrogens with one attached hydrogen (secondary N) is 2. The van der Waals surface area contributed by atoms with Gasteiger partial charge in [-0.1, -0.05) is 30.3 Å². The van der Waals surface area contributed by atoms with Crippen LogP contribution in [0.5, 0.6) is 0 Å². The molecule has 3 rings (SSSR count). The molecule has 0 aliphatic carbocycles. The third-order valence-electron chi connectivity index (χ3n) is 4.41. The number of carbonyl (C=O) groups is 3. The summed E-state index contributed by atoms with van der Waals surface area (Å²) >= 11 is 0. The molecule has 152 valence electrons. The Kier molecular flexibility index (Phi) is 5.27. The van der Waals surface area contributed by atoms with Crippen LogP contribution in [0.1, 0.15) is 15.9 Å². The number of benzene rings is 2. The quantitative estimate of drug-likeness (QED) is 0.589. The lowest BCUT2D eigenvalue weighted by molar-refractivity contribution is -0.200. The maximum absolute atomic E-state index is 13.8. The average Bonchev–Trinajstić information content (AvgIpc) is 2.92. The van der Waals surface area contributed by atoms with E-state index in [0.29, 0.717) is 10.5 Å². The van der Waals surface area contributed by atoms with Crippen molar-refractivity contribution >= 4 is 17.8 Å². The number of amides is 4. The normalized spacial score (nSPS) is 19.2. The Morgan fingerprint density at radius 1 is 1.03 bits per heavy atom. The molecule has 1 aliphatic rings. The Hall–Kier alpha value is -3.43. The van der Waals surface area contributed by atoms with Crippen LogP contribution in [0.4, 0.5) is 22.4 Å². The van der Waals surface area contributed by atoms with E-state index in [4.69, 9.17) is 0 Å². The SMILES string of the molecule is O=C(NC1(C(F)(F)F)NC(=O)N(CCc2ccccc2)C1=O)c1ccc(F)cc1.